The van der Waals surface area contributed by atoms with E-state index in [0.717, 1.165) is 23.7 Å². The Hall–Kier alpha value is -0.940. The van der Waals surface area contributed by atoms with Crippen LogP contribution >= 0.6 is 11.3 Å². The second-order valence-electron chi connectivity index (χ2n) is 3.68. The molecule has 1 aromatic heterocycles. The number of amides is 1. The van der Waals surface area contributed by atoms with Crippen molar-refractivity contribution in [1.82, 2.24) is 15.6 Å². The average molecular weight is 241 g/mol. The predicted molar refractivity (Wildman–Crippen MR) is 66.7 cm³/mol. The lowest BCUT2D eigenvalue weighted by atomic mass is 10.2. The molecule has 0 aliphatic carbocycles. The summed E-state index contributed by atoms with van der Waals surface area (Å²) in [5.74, 6) is 0.0527. The monoisotopic (exact) mass is 241 g/mol. The maximum absolute atomic E-state index is 11.4. The minimum absolute atomic E-state index is 0.0527. The molecule has 0 saturated carbocycles. The Morgan fingerprint density at radius 3 is 2.94 bits per heavy atom. The van der Waals surface area contributed by atoms with Crippen LogP contribution in [0.4, 0.5) is 0 Å². The lowest BCUT2D eigenvalue weighted by Gasteiger charge is -2.12. The van der Waals surface area contributed by atoms with Gasteiger partial charge in [-0.15, -0.1) is 11.3 Å². The molecule has 1 aromatic rings. The lowest BCUT2D eigenvalue weighted by Crippen LogP contribution is -2.42. The summed E-state index contributed by atoms with van der Waals surface area (Å²) in [4.78, 5) is 15.8. The number of thiazole rings is 1. The third-order valence-corrected chi connectivity index (χ3v) is 3.06. The van der Waals surface area contributed by atoms with E-state index in [4.69, 9.17) is 0 Å². The maximum atomic E-state index is 11.4. The number of hydrogen-bond acceptors (Lipinski definition) is 4. The highest BCUT2D eigenvalue weighted by atomic mass is 32.1. The average Bonchev–Trinajstić information content (AvgIpc) is 2.64. The first kappa shape index (κ1) is 13.1. The molecule has 0 spiro atoms. The van der Waals surface area contributed by atoms with Gasteiger partial charge in [0.25, 0.3) is 0 Å². The van der Waals surface area contributed by atoms with Crippen LogP contribution in [0.1, 0.15) is 24.5 Å². The fourth-order valence-electron chi connectivity index (χ4n) is 1.36. The standard InChI is InChI=1S/C11H19N3OS/c1-4-12-11(15)8(2)13-6-5-10-7-16-9(3)14-10/h7-8,13H,4-6H2,1-3H3,(H,12,15). The van der Waals surface area contributed by atoms with Crippen molar-refractivity contribution >= 4 is 17.2 Å². The Morgan fingerprint density at radius 2 is 2.38 bits per heavy atom. The molecule has 1 amide bonds. The summed E-state index contributed by atoms with van der Waals surface area (Å²) in [6.45, 7) is 7.25. The SMILES string of the molecule is CCNC(=O)C(C)NCCc1csc(C)n1. The quantitative estimate of drug-likeness (QED) is 0.784. The van der Waals surface area contributed by atoms with Gasteiger partial charge in [0, 0.05) is 24.9 Å². The topological polar surface area (TPSA) is 54.0 Å². The van der Waals surface area contributed by atoms with Crippen molar-refractivity contribution in [3.63, 3.8) is 0 Å². The Labute approximate surface area is 100 Å². The summed E-state index contributed by atoms with van der Waals surface area (Å²) < 4.78 is 0. The minimum Gasteiger partial charge on any atom is -0.355 e. The molecule has 0 saturated heterocycles. The van der Waals surface area contributed by atoms with Crippen LogP contribution in [-0.2, 0) is 11.2 Å². The van der Waals surface area contributed by atoms with E-state index in [1.54, 1.807) is 11.3 Å². The summed E-state index contributed by atoms with van der Waals surface area (Å²) in [7, 11) is 0. The lowest BCUT2D eigenvalue weighted by molar-refractivity contribution is -0.122. The van der Waals surface area contributed by atoms with Gasteiger partial charge in [-0.05, 0) is 20.8 Å². The zero-order valence-electron chi connectivity index (χ0n) is 10.0. The van der Waals surface area contributed by atoms with Crippen LogP contribution in [0.15, 0.2) is 5.38 Å². The first-order valence-electron chi connectivity index (χ1n) is 5.55. The number of likely N-dealkylation sites (N-methyl/N-ethyl adjacent to an activating group) is 1. The zero-order chi connectivity index (χ0) is 12.0. The predicted octanol–water partition coefficient (Wildman–Crippen LogP) is 1.11. The highest BCUT2D eigenvalue weighted by molar-refractivity contribution is 7.09. The van der Waals surface area contributed by atoms with Gasteiger partial charge < -0.3 is 10.6 Å². The molecule has 0 fully saturated rings. The molecule has 5 heteroatoms. The van der Waals surface area contributed by atoms with Crippen LogP contribution in [0.25, 0.3) is 0 Å². The fourth-order valence-corrected chi connectivity index (χ4v) is 2.01. The van der Waals surface area contributed by atoms with Crippen molar-refractivity contribution in [3.05, 3.63) is 16.1 Å². The van der Waals surface area contributed by atoms with E-state index in [1.807, 2.05) is 20.8 Å². The Bertz CT molecular complexity index is 338. The molecular weight excluding hydrogens is 222 g/mol. The summed E-state index contributed by atoms with van der Waals surface area (Å²) in [5.41, 5.74) is 1.10. The first-order chi connectivity index (χ1) is 7.63. The number of carbonyl (C=O) groups is 1. The van der Waals surface area contributed by atoms with E-state index < -0.39 is 0 Å². The first-order valence-corrected chi connectivity index (χ1v) is 6.43. The van der Waals surface area contributed by atoms with Crippen LogP contribution < -0.4 is 10.6 Å². The number of aryl methyl sites for hydroxylation is 1. The second kappa shape index (κ2) is 6.60. The molecule has 4 nitrogen and oxygen atoms in total. The van der Waals surface area contributed by atoms with Crippen LogP contribution in [0.3, 0.4) is 0 Å². The van der Waals surface area contributed by atoms with Gasteiger partial charge in [0.05, 0.1) is 16.7 Å². The summed E-state index contributed by atoms with van der Waals surface area (Å²) >= 11 is 1.66. The molecule has 1 heterocycles. The van der Waals surface area contributed by atoms with Crippen molar-refractivity contribution in [1.29, 1.82) is 0 Å². The number of rotatable bonds is 6. The number of hydrogen-bond donors (Lipinski definition) is 2. The molecule has 1 unspecified atom stereocenters. The van der Waals surface area contributed by atoms with E-state index >= 15 is 0 Å². The van der Waals surface area contributed by atoms with Gasteiger partial charge in [0.1, 0.15) is 0 Å². The highest BCUT2D eigenvalue weighted by Crippen LogP contribution is 2.07. The summed E-state index contributed by atoms with van der Waals surface area (Å²) in [6.07, 6.45) is 0.869. The van der Waals surface area contributed by atoms with Crippen LogP contribution in [0, 0.1) is 6.92 Å². The summed E-state index contributed by atoms with van der Waals surface area (Å²) in [5, 5.41) is 9.11. The van der Waals surface area contributed by atoms with Crippen molar-refractivity contribution in [2.45, 2.75) is 33.2 Å². The molecule has 1 atom stereocenters. The normalized spacial score (nSPS) is 12.4. The van der Waals surface area contributed by atoms with Crippen LogP contribution in [-0.4, -0.2) is 30.0 Å². The maximum Gasteiger partial charge on any atom is 0.236 e. The third kappa shape index (κ3) is 4.28. The zero-order valence-corrected chi connectivity index (χ0v) is 10.9. The number of carbonyl (C=O) groups excluding carboxylic acids is 1. The number of nitrogens with zero attached hydrogens (tertiary/aromatic N) is 1. The Kier molecular flexibility index (Phi) is 5.42. The Balaban J connectivity index is 2.22. The Morgan fingerprint density at radius 1 is 1.62 bits per heavy atom. The largest absolute Gasteiger partial charge is 0.355 e. The molecule has 90 valence electrons. The molecule has 16 heavy (non-hydrogen) atoms. The second-order valence-corrected chi connectivity index (χ2v) is 4.74. The van der Waals surface area contributed by atoms with Gasteiger partial charge in [-0.1, -0.05) is 0 Å². The summed E-state index contributed by atoms with van der Waals surface area (Å²) in [6, 6.07) is -0.139. The van der Waals surface area contributed by atoms with E-state index in [2.05, 4.69) is 21.0 Å². The third-order valence-electron chi connectivity index (χ3n) is 2.24. The van der Waals surface area contributed by atoms with Gasteiger partial charge in [-0.25, -0.2) is 4.98 Å². The van der Waals surface area contributed by atoms with Gasteiger partial charge in [0.15, 0.2) is 0 Å². The molecular formula is C11H19N3OS. The van der Waals surface area contributed by atoms with E-state index in [1.165, 1.54) is 0 Å². The van der Waals surface area contributed by atoms with E-state index in [0.29, 0.717) is 6.54 Å². The fraction of sp³-hybridized carbons (Fsp3) is 0.636. The highest BCUT2D eigenvalue weighted by Gasteiger charge is 2.10. The van der Waals surface area contributed by atoms with Crippen molar-refractivity contribution in [2.75, 3.05) is 13.1 Å². The van der Waals surface area contributed by atoms with Crippen molar-refractivity contribution in [3.8, 4) is 0 Å². The smallest absolute Gasteiger partial charge is 0.236 e. The molecule has 0 aromatic carbocycles. The number of nitrogens with one attached hydrogen (secondary N) is 2. The molecule has 0 radical (unpaired) electrons. The molecule has 1 rings (SSSR count). The molecule has 0 aliphatic rings. The van der Waals surface area contributed by atoms with Crippen molar-refractivity contribution < 1.29 is 4.79 Å². The van der Waals surface area contributed by atoms with E-state index in [9.17, 15) is 4.79 Å². The van der Waals surface area contributed by atoms with Crippen LogP contribution in [0.2, 0.25) is 0 Å². The van der Waals surface area contributed by atoms with Crippen LogP contribution in [0.5, 0.6) is 0 Å². The number of aromatic nitrogens is 1. The van der Waals surface area contributed by atoms with Crippen molar-refractivity contribution in [2.24, 2.45) is 0 Å². The minimum atomic E-state index is -0.139. The van der Waals surface area contributed by atoms with Gasteiger partial charge in [0.2, 0.25) is 5.91 Å². The van der Waals surface area contributed by atoms with E-state index in [-0.39, 0.29) is 11.9 Å². The molecule has 0 bridgehead atoms. The van der Waals surface area contributed by atoms with Gasteiger partial charge >= 0.3 is 0 Å². The van der Waals surface area contributed by atoms with Gasteiger partial charge in [-0.3, -0.25) is 4.79 Å². The molecule has 2 N–H and O–H groups in total. The molecule has 0 aliphatic heterocycles. The van der Waals surface area contributed by atoms with Gasteiger partial charge in [-0.2, -0.15) is 0 Å².